The number of carbonyl (C=O) groups excluding carboxylic acids is 2. The van der Waals surface area contributed by atoms with Crippen LogP contribution in [0.4, 0.5) is 0 Å². The Bertz CT molecular complexity index is 1340. The Hall–Kier alpha value is -2.10. The molecule has 0 bridgehead atoms. The van der Waals surface area contributed by atoms with Gasteiger partial charge in [0.25, 0.3) is 0 Å². The van der Waals surface area contributed by atoms with E-state index in [2.05, 4.69) is 0 Å². The van der Waals surface area contributed by atoms with Gasteiger partial charge in [-0.1, -0.05) is 57.0 Å². The van der Waals surface area contributed by atoms with Crippen molar-refractivity contribution >= 4 is 53.6 Å². The van der Waals surface area contributed by atoms with Crippen molar-refractivity contribution in [2.45, 2.75) is 59.1 Å². The van der Waals surface area contributed by atoms with Crippen LogP contribution in [-0.4, -0.2) is 87.3 Å². The van der Waals surface area contributed by atoms with Crippen LogP contribution in [0.5, 0.6) is 0 Å². The number of hydrogen-bond acceptors (Lipinski definition) is 10. The summed E-state index contributed by atoms with van der Waals surface area (Å²) in [4.78, 5) is 25.3. The number of hydrogen-bond donors (Lipinski definition) is 0. The second-order valence-electron chi connectivity index (χ2n) is 9.76. The summed E-state index contributed by atoms with van der Waals surface area (Å²) in [7, 11) is -2.68. The van der Waals surface area contributed by atoms with Gasteiger partial charge < -0.3 is 9.47 Å². The number of aryl methyl sites for hydroxylation is 2. The molecule has 2 heterocycles. The fourth-order valence-electron chi connectivity index (χ4n) is 4.76. The van der Waals surface area contributed by atoms with Crippen LogP contribution in [0.15, 0.2) is 58.3 Å². The van der Waals surface area contributed by atoms with Crippen LogP contribution in [0, 0.1) is 13.8 Å². The van der Waals surface area contributed by atoms with Crippen LogP contribution in [0.2, 0.25) is 0 Å². The lowest BCUT2D eigenvalue weighted by Crippen LogP contribution is -2.41. The first-order valence-electron chi connectivity index (χ1n) is 12.5. The predicted octanol–water partition coefficient (Wildman–Crippen LogP) is 2.99. The lowest BCUT2D eigenvalue weighted by molar-refractivity contribution is -0.145. The summed E-state index contributed by atoms with van der Waals surface area (Å²) in [5, 5.41) is -0.512. The van der Waals surface area contributed by atoms with Gasteiger partial charge in [0.1, 0.15) is 12.1 Å². The molecule has 4 unspecified atom stereocenters. The quantitative estimate of drug-likeness (QED) is 0.302. The summed E-state index contributed by atoms with van der Waals surface area (Å²) in [6.45, 7) is 3.89. The van der Waals surface area contributed by atoms with Crippen molar-refractivity contribution < 1.29 is 35.9 Å². The summed E-state index contributed by atoms with van der Waals surface area (Å²) in [5.74, 6) is -1.27. The molecule has 10 nitrogen and oxygen atoms in total. The summed E-state index contributed by atoms with van der Waals surface area (Å²) in [6, 6.07) is 10.9. The monoisotopic (exact) mass is 628 g/mol. The topological polar surface area (TPSA) is 127 Å². The minimum Gasteiger partial charge on any atom is -0.468 e. The number of esters is 2. The molecule has 40 heavy (non-hydrogen) atoms. The van der Waals surface area contributed by atoms with Crippen molar-refractivity contribution in [3.05, 3.63) is 59.7 Å². The van der Waals surface area contributed by atoms with Crippen molar-refractivity contribution in [1.29, 1.82) is 0 Å². The first-order valence-corrected chi connectivity index (χ1v) is 17.7. The molecule has 0 aromatic heterocycles. The molecule has 218 valence electrons. The number of benzene rings is 2. The van der Waals surface area contributed by atoms with E-state index in [0.717, 1.165) is 11.1 Å². The Labute approximate surface area is 243 Å². The van der Waals surface area contributed by atoms with Gasteiger partial charge in [-0.3, -0.25) is 9.59 Å². The molecular formula is C26H32N2O8S4. The Morgan fingerprint density at radius 2 is 1.00 bits per heavy atom. The van der Waals surface area contributed by atoms with Gasteiger partial charge >= 0.3 is 11.9 Å². The summed E-state index contributed by atoms with van der Waals surface area (Å²) in [5.41, 5.74) is 1.82. The van der Waals surface area contributed by atoms with Crippen molar-refractivity contribution in [2.75, 3.05) is 27.3 Å². The molecule has 0 N–H and O–H groups in total. The van der Waals surface area contributed by atoms with E-state index in [1.165, 1.54) is 68.7 Å². The first kappa shape index (κ1) is 30.8. The lowest BCUT2D eigenvalue weighted by atomic mass is 10.2. The maximum absolute atomic E-state index is 13.4. The molecule has 2 fully saturated rings. The van der Waals surface area contributed by atoms with E-state index in [1.54, 1.807) is 24.3 Å². The van der Waals surface area contributed by atoms with E-state index in [4.69, 9.17) is 9.47 Å². The Balaban J connectivity index is 1.49. The predicted molar refractivity (Wildman–Crippen MR) is 154 cm³/mol. The Kier molecular flexibility index (Phi) is 9.57. The zero-order valence-corrected chi connectivity index (χ0v) is 25.8. The fraction of sp³-hybridized carbons (Fsp3) is 0.462. The minimum absolute atomic E-state index is 0.0895. The average Bonchev–Trinajstić information content (AvgIpc) is 3.57. The SMILES string of the molecule is COC(=O)C1CC(SSC2CC(C(=O)OC)N(S(=O)(=O)c3ccc(C)cc3)C2)CN1S(=O)(=O)c1ccc(C)cc1. The summed E-state index contributed by atoms with van der Waals surface area (Å²) in [6.07, 6.45) is 0.488. The third-order valence-corrected chi connectivity index (χ3v) is 14.0. The van der Waals surface area contributed by atoms with E-state index in [-0.39, 0.29) is 46.2 Å². The van der Waals surface area contributed by atoms with E-state index in [0.29, 0.717) is 0 Å². The van der Waals surface area contributed by atoms with E-state index in [9.17, 15) is 26.4 Å². The highest BCUT2D eigenvalue weighted by atomic mass is 33.1. The van der Waals surface area contributed by atoms with Crippen molar-refractivity contribution in [2.24, 2.45) is 0 Å². The number of nitrogens with zero attached hydrogens (tertiary/aromatic N) is 2. The second-order valence-corrected chi connectivity index (χ2v) is 16.4. The van der Waals surface area contributed by atoms with Crippen LogP contribution >= 0.6 is 21.6 Å². The molecule has 2 aliphatic rings. The van der Waals surface area contributed by atoms with Crippen molar-refractivity contribution in [3.63, 3.8) is 0 Å². The molecular weight excluding hydrogens is 597 g/mol. The number of ether oxygens (including phenoxy) is 2. The zero-order valence-electron chi connectivity index (χ0n) is 22.6. The highest BCUT2D eigenvalue weighted by molar-refractivity contribution is 8.77. The molecule has 4 rings (SSSR count). The van der Waals surface area contributed by atoms with Gasteiger partial charge in [0, 0.05) is 23.6 Å². The maximum atomic E-state index is 13.4. The van der Waals surface area contributed by atoms with Crippen LogP contribution < -0.4 is 0 Å². The third kappa shape index (κ3) is 6.36. The molecule has 0 radical (unpaired) electrons. The highest BCUT2D eigenvalue weighted by Crippen LogP contribution is 2.44. The van der Waals surface area contributed by atoms with Gasteiger partial charge in [0.2, 0.25) is 20.0 Å². The van der Waals surface area contributed by atoms with Gasteiger partial charge in [-0.25, -0.2) is 16.8 Å². The average molecular weight is 629 g/mol. The highest BCUT2D eigenvalue weighted by Gasteiger charge is 2.47. The van der Waals surface area contributed by atoms with Crippen molar-refractivity contribution in [3.8, 4) is 0 Å². The second kappa shape index (κ2) is 12.4. The zero-order chi connectivity index (χ0) is 29.2. The van der Waals surface area contributed by atoms with Gasteiger partial charge in [0.05, 0.1) is 24.0 Å². The molecule has 2 saturated heterocycles. The number of sulfonamides is 2. The summed E-state index contributed by atoms with van der Waals surface area (Å²) >= 11 is 0. The molecule has 0 spiro atoms. The molecule has 14 heteroatoms. The smallest absolute Gasteiger partial charge is 0.324 e. The minimum atomic E-state index is -3.95. The van der Waals surface area contributed by atoms with Gasteiger partial charge in [0.15, 0.2) is 0 Å². The molecule has 2 aromatic rings. The van der Waals surface area contributed by atoms with Crippen molar-refractivity contribution in [1.82, 2.24) is 8.61 Å². The van der Waals surface area contributed by atoms with E-state index >= 15 is 0 Å². The van der Waals surface area contributed by atoms with Crippen LogP contribution in [-0.2, 0) is 39.1 Å². The molecule has 2 aromatic carbocycles. The number of carbonyl (C=O) groups is 2. The maximum Gasteiger partial charge on any atom is 0.324 e. The van der Waals surface area contributed by atoms with Gasteiger partial charge in [-0.05, 0) is 51.0 Å². The third-order valence-electron chi connectivity index (χ3n) is 6.96. The lowest BCUT2D eigenvalue weighted by Gasteiger charge is -2.22. The van der Waals surface area contributed by atoms with Crippen LogP contribution in [0.1, 0.15) is 24.0 Å². The van der Waals surface area contributed by atoms with Gasteiger partial charge in [-0.15, -0.1) is 0 Å². The molecule has 0 aliphatic carbocycles. The molecule has 4 atom stereocenters. The molecule has 0 amide bonds. The largest absolute Gasteiger partial charge is 0.468 e. The Morgan fingerprint density at radius 1 is 0.675 bits per heavy atom. The number of methoxy groups -OCH3 is 2. The summed E-state index contributed by atoms with van der Waals surface area (Å²) < 4.78 is 65.9. The number of rotatable bonds is 9. The normalized spacial score (nSPS) is 24.2. The fourth-order valence-corrected chi connectivity index (χ4v) is 11.3. The molecule has 0 saturated carbocycles. The first-order chi connectivity index (χ1) is 18.9. The molecule has 2 aliphatic heterocycles. The van der Waals surface area contributed by atoms with Crippen LogP contribution in [0.25, 0.3) is 0 Å². The van der Waals surface area contributed by atoms with Crippen LogP contribution in [0.3, 0.4) is 0 Å². The van der Waals surface area contributed by atoms with Gasteiger partial charge in [-0.2, -0.15) is 8.61 Å². The Morgan fingerprint density at radius 3 is 1.30 bits per heavy atom. The standard InChI is InChI=1S/C26H32N2O8S4/c1-17-5-9-21(10-6-17)39(31,32)27-15-19(13-23(27)25(29)35-3)37-38-20-14-24(26(30)36-4)28(16-20)40(33,34)22-11-7-18(2)8-12-22/h5-12,19-20,23-24H,13-16H2,1-4H3. The van der Waals surface area contributed by atoms with E-state index in [1.807, 2.05) is 13.8 Å². The van der Waals surface area contributed by atoms with E-state index < -0.39 is 44.1 Å².